The van der Waals surface area contributed by atoms with Gasteiger partial charge in [0.15, 0.2) is 0 Å². The van der Waals surface area contributed by atoms with Crippen molar-refractivity contribution in [3.05, 3.63) is 60.0 Å². The monoisotopic (exact) mass is 392 g/mol. The van der Waals surface area contributed by atoms with Gasteiger partial charge < -0.3 is 14.6 Å². The summed E-state index contributed by atoms with van der Waals surface area (Å²) < 4.78 is 6.20. The van der Waals surface area contributed by atoms with Crippen LogP contribution in [0.3, 0.4) is 0 Å². The second-order valence-electron chi connectivity index (χ2n) is 8.07. The predicted octanol–water partition coefficient (Wildman–Crippen LogP) is 3.70. The number of nitrogens with one attached hydrogen (secondary N) is 1. The summed E-state index contributed by atoms with van der Waals surface area (Å²) in [6.07, 6.45) is 4.78. The third-order valence-corrected chi connectivity index (χ3v) is 5.52. The molecular formula is C23H28N4O2. The smallest absolute Gasteiger partial charge is 0.270 e. The highest BCUT2D eigenvalue weighted by atomic mass is 16.5. The fourth-order valence-corrected chi connectivity index (χ4v) is 3.85. The molecule has 29 heavy (non-hydrogen) atoms. The summed E-state index contributed by atoms with van der Waals surface area (Å²) in [5, 5.41) is 0.986. The maximum absolute atomic E-state index is 12.8. The number of nitrogens with zero attached hydrogens (tertiary/aromatic N) is 3. The maximum Gasteiger partial charge on any atom is 0.270 e. The van der Waals surface area contributed by atoms with E-state index in [1.54, 1.807) is 24.3 Å². The molecule has 3 heterocycles. The number of H-pyrrole nitrogens is 1. The molecule has 1 aromatic carbocycles. The van der Waals surface area contributed by atoms with Crippen LogP contribution in [0.5, 0.6) is 5.75 Å². The number of aromatic amines is 1. The lowest BCUT2D eigenvalue weighted by molar-refractivity contribution is 0.0780. The quantitative estimate of drug-likeness (QED) is 0.695. The van der Waals surface area contributed by atoms with Gasteiger partial charge in [0, 0.05) is 56.0 Å². The lowest BCUT2D eigenvalue weighted by Gasteiger charge is -2.20. The van der Waals surface area contributed by atoms with Gasteiger partial charge in [-0.25, -0.2) is 0 Å². The molecule has 6 heteroatoms. The summed E-state index contributed by atoms with van der Waals surface area (Å²) in [5.41, 5.74) is 2.52. The van der Waals surface area contributed by atoms with Gasteiger partial charge in [0.1, 0.15) is 17.5 Å². The van der Waals surface area contributed by atoms with Crippen molar-refractivity contribution in [1.82, 2.24) is 19.8 Å². The van der Waals surface area contributed by atoms with E-state index < -0.39 is 0 Å². The predicted molar refractivity (Wildman–Crippen MR) is 114 cm³/mol. The number of benzene rings is 1. The van der Waals surface area contributed by atoms with Crippen LogP contribution in [0.15, 0.2) is 48.8 Å². The number of hydrogen-bond donors (Lipinski definition) is 1. The molecule has 1 aliphatic rings. The number of fused-ring (bicyclic) bond motifs is 1. The molecule has 1 amide bonds. The molecule has 4 rings (SSSR count). The summed E-state index contributed by atoms with van der Waals surface area (Å²) in [5.74, 6) is 0.811. The highest BCUT2D eigenvalue weighted by molar-refractivity contribution is 5.98. The van der Waals surface area contributed by atoms with E-state index in [2.05, 4.69) is 28.7 Å². The zero-order chi connectivity index (χ0) is 20.4. The van der Waals surface area contributed by atoms with E-state index in [0.29, 0.717) is 18.3 Å². The molecule has 0 spiro atoms. The minimum absolute atomic E-state index is 0.0455. The molecule has 0 bridgehead atoms. The second-order valence-corrected chi connectivity index (χ2v) is 8.07. The molecule has 6 nitrogen and oxygen atoms in total. The first-order valence-corrected chi connectivity index (χ1v) is 10.2. The van der Waals surface area contributed by atoms with Gasteiger partial charge in [0.05, 0.1) is 0 Å². The molecule has 0 aliphatic carbocycles. The Morgan fingerprint density at radius 3 is 2.93 bits per heavy atom. The standard InChI is InChI=1S/C23H28N4O2/c1-16(2)27-10-8-20(15-27)29-19-6-7-21-18(11-19)12-22(25-21)23(28)26(3)14-17-5-4-9-24-13-17/h4-7,9,11-13,16,20,25H,8,10,14-15H2,1-3H3. The molecule has 1 atom stereocenters. The van der Waals surface area contributed by atoms with E-state index in [0.717, 1.165) is 41.7 Å². The van der Waals surface area contributed by atoms with Gasteiger partial charge in [-0.2, -0.15) is 0 Å². The molecule has 152 valence electrons. The molecule has 0 radical (unpaired) electrons. The number of aromatic nitrogens is 2. The van der Waals surface area contributed by atoms with Gasteiger partial charge in [0.25, 0.3) is 5.91 Å². The van der Waals surface area contributed by atoms with Crippen molar-refractivity contribution >= 4 is 16.8 Å². The summed E-state index contributed by atoms with van der Waals surface area (Å²) in [4.78, 5) is 24.3. The van der Waals surface area contributed by atoms with E-state index in [-0.39, 0.29) is 12.0 Å². The van der Waals surface area contributed by atoms with E-state index >= 15 is 0 Å². The average Bonchev–Trinajstić information content (AvgIpc) is 3.35. The van der Waals surface area contributed by atoms with Crippen molar-refractivity contribution in [2.75, 3.05) is 20.1 Å². The van der Waals surface area contributed by atoms with E-state index in [1.807, 2.05) is 36.4 Å². The highest BCUT2D eigenvalue weighted by Gasteiger charge is 2.25. The topological polar surface area (TPSA) is 61.5 Å². The van der Waals surface area contributed by atoms with Crippen molar-refractivity contribution in [1.29, 1.82) is 0 Å². The fourth-order valence-electron chi connectivity index (χ4n) is 3.85. The lowest BCUT2D eigenvalue weighted by Crippen LogP contribution is -2.30. The number of ether oxygens (including phenoxy) is 1. The zero-order valence-electron chi connectivity index (χ0n) is 17.3. The molecule has 1 saturated heterocycles. The molecule has 1 unspecified atom stereocenters. The van der Waals surface area contributed by atoms with Crippen LogP contribution in [0.25, 0.3) is 10.9 Å². The first-order valence-electron chi connectivity index (χ1n) is 10.2. The van der Waals surface area contributed by atoms with Crippen molar-refractivity contribution in [2.45, 2.75) is 39.0 Å². The Morgan fingerprint density at radius 2 is 2.21 bits per heavy atom. The van der Waals surface area contributed by atoms with E-state index in [4.69, 9.17) is 4.74 Å². The zero-order valence-corrected chi connectivity index (χ0v) is 17.3. The Bertz CT molecular complexity index is 983. The summed E-state index contributed by atoms with van der Waals surface area (Å²) in [7, 11) is 1.80. The summed E-state index contributed by atoms with van der Waals surface area (Å²) >= 11 is 0. The lowest BCUT2D eigenvalue weighted by atomic mass is 10.2. The molecular weight excluding hydrogens is 364 g/mol. The van der Waals surface area contributed by atoms with Crippen LogP contribution in [0.4, 0.5) is 0 Å². The largest absolute Gasteiger partial charge is 0.489 e. The molecule has 1 fully saturated rings. The Hall–Kier alpha value is -2.86. The highest BCUT2D eigenvalue weighted by Crippen LogP contribution is 2.25. The van der Waals surface area contributed by atoms with Gasteiger partial charge in [-0.05, 0) is 56.2 Å². The van der Waals surface area contributed by atoms with Crippen LogP contribution in [0.1, 0.15) is 36.3 Å². The van der Waals surface area contributed by atoms with Crippen LogP contribution in [0, 0.1) is 0 Å². The average molecular weight is 393 g/mol. The number of carbonyl (C=O) groups excluding carboxylic acids is 1. The molecule has 0 saturated carbocycles. The van der Waals surface area contributed by atoms with Crippen molar-refractivity contribution in [3.63, 3.8) is 0 Å². The number of pyridine rings is 1. The van der Waals surface area contributed by atoms with E-state index in [9.17, 15) is 4.79 Å². The Labute approximate surface area is 171 Å². The Kier molecular flexibility index (Phi) is 5.53. The molecule has 3 aromatic rings. The number of hydrogen-bond acceptors (Lipinski definition) is 4. The van der Waals surface area contributed by atoms with E-state index in [1.165, 1.54) is 0 Å². The van der Waals surface area contributed by atoms with Gasteiger partial charge in [-0.3, -0.25) is 14.7 Å². The second kappa shape index (κ2) is 8.25. The van der Waals surface area contributed by atoms with Crippen LogP contribution in [-0.4, -0.2) is 58.0 Å². The Morgan fingerprint density at radius 1 is 1.34 bits per heavy atom. The molecule has 1 N–H and O–H groups in total. The number of amides is 1. The van der Waals surface area contributed by atoms with Gasteiger partial charge in [-0.15, -0.1) is 0 Å². The van der Waals surface area contributed by atoms with Crippen molar-refractivity contribution in [3.8, 4) is 5.75 Å². The number of carbonyl (C=O) groups is 1. The van der Waals surface area contributed by atoms with Gasteiger partial charge >= 0.3 is 0 Å². The summed E-state index contributed by atoms with van der Waals surface area (Å²) in [6, 6.07) is 12.3. The minimum atomic E-state index is -0.0455. The normalized spacial score (nSPS) is 17.2. The minimum Gasteiger partial charge on any atom is -0.489 e. The van der Waals surface area contributed by atoms with Crippen molar-refractivity contribution < 1.29 is 9.53 Å². The molecule has 1 aliphatic heterocycles. The first-order chi connectivity index (χ1) is 14.0. The SMILES string of the molecule is CC(C)N1CCC(Oc2ccc3[nH]c(C(=O)N(C)Cc4cccnc4)cc3c2)C1. The first kappa shape index (κ1) is 19.5. The van der Waals surface area contributed by atoms with Crippen LogP contribution < -0.4 is 4.74 Å². The van der Waals surface area contributed by atoms with Crippen LogP contribution in [-0.2, 0) is 6.54 Å². The number of likely N-dealkylation sites (tertiary alicyclic amines) is 1. The maximum atomic E-state index is 12.8. The molecule has 2 aromatic heterocycles. The van der Waals surface area contributed by atoms with Crippen molar-refractivity contribution in [2.24, 2.45) is 0 Å². The summed E-state index contributed by atoms with van der Waals surface area (Å²) in [6.45, 7) is 7.00. The third-order valence-electron chi connectivity index (χ3n) is 5.52. The number of rotatable bonds is 6. The van der Waals surface area contributed by atoms with Crippen LogP contribution in [0.2, 0.25) is 0 Å². The van der Waals surface area contributed by atoms with Gasteiger partial charge in [-0.1, -0.05) is 6.07 Å². The fraction of sp³-hybridized carbons (Fsp3) is 0.391. The van der Waals surface area contributed by atoms with Gasteiger partial charge in [0.2, 0.25) is 0 Å². The third kappa shape index (κ3) is 4.43. The van der Waals surface area contributed by atoms with Crippen LogP contribution >= 0.6 is 0 Å². The Balaban J connectivity index is 1.44.